The summed E-state index contributed by atoms with van der Waals surface area (Å²) in [5, 5.41) is 17.5. The van der Waals surface area contributed by atoms with Crippen molar-refractivity contribution in [2.24, 2.45) is 0 Å². The molecule has 0 fully saturated rings. The second-order valence-electron chi connectivity index (χ2n) is 8.36. The van der Waals surface area contributed by atoms with E-state index in [9.17, 15) is 10.1 Å². The van der Waals surface area contributed by atoms with E-state index in [1.165, 1.54) is 0 Å². The van der Waals surface area contributed by atoms with Gasteiger partial charge in [-0.1, -0.05) is 55.5 Å². The second kappa shape index (κ2) is 11.7. The number of aromatic nitrogens is 2. The first-order chi connectivity index (χ1) is 17.6. The van der Waals surface area contributed by atoms with Gasteiger partial charge in [-0.25, -0.2) is 4.68 Å². The molecule has 6 nitrogen and oxygen atoms in total. The molecule has 4 aromatic rings. The molecule has 0 saturated heterocycles. The SMILES string of the molecule is CCCOc1ccc(-c2nn(-c3ccccc3)cc2/C=C(\C#N)C(=O)N[C@@H](C)c2ccccc2)cc1. The van der Waals surface area contributed by atoms with Gasteiger partial charge in [0.25, 0.3) is 5.91 Å². The van der Waals surface area contributed by atoms with Crippen LogP contribution in [0.15, 0.2) is 96.7 Å². The van der Waals surface area contributed by atoms with E-state index in [1.807, 2.05) is 98.0 Å². The van der Waals surface area contributed by atoms with Gasteiger partial charge in [0.05, 0.1) is 24.0 Å². The number of ether oxygens (including phenoxy) is 1. The Morgan fingerprint density at radius 1 is 1.06 bits per heavy atom. The van der Waals surface area contributed by atoms with Gasteiger partial charge < -0.3 is 10.1 Å². The van der Waals surface area contributed by atoms with Crippen LogP contribution < -0.4 is 10.1 Å². The summed E-state index contributed by atoms with van der Waals surface area (Å²) in [7, 11) is 0. The van der Waals surface area contributed by atoms with Gasteiger partial charge in [-0.2, -0.15) is 10.4 Å². The number of nitrogens with one attached hydrogen (secondary N) is 1. The van der Waals surface area contributed by atoms with Crippen molar-refractivity contribution in [1.29, 1.82) is 5.26 Å². The van der Waals surface area contributed by atoms with Crippen LogP contribution in [0.5, 0.6) is 5.75 Å². The smallest absolute Gasteiger partial charge is 0.262 e. The third kappa shape index (κ3) is 5.89. The van der Waals surface area contributed by atoms with Crippen molar-refractivity contribution < 1.29 is 9.53 Å². The molecule has 3 aromatic carbocycles. The fraction of sp³-hybridized carbons (Fsp3) is 0.167. The van der Waals surface area contributed by atoms with Crippen molar-refractivity contribution in [2.45, 2.75) is 26.3 Å². The van der Waals surface area contributed by atoms with Crippen molar-refractivity contribution in [1.82, 2.24) is 15.1 Å². The Hall–Kier alpha value is -4.63. The van der Waals surface area contributed by atoms with Crippen LogP contribution in [-0.4, -0.2) is 22.3 Å². The summed E-state index contributed by atoms with van der Waals surface area (Å²) in [5.41, 5.74) is 4.04. The Labute approximate surface area is 211 Å². The summed E-state index contributed by atoms with van der Waals surface area (Å²) < 4.78 is 7.46. The molecule has 0 aliphatic carbocycles. The Kier molecular flexibility index (Phi) is 7.94. The lowest BCUT2D eigenvalue weighted by Gasteiger charge is -2.13. The highest BCUT2D eigenvalue weighted by Crippen LogP contribution is 2.28. The van der Waals surface area contributed by atoms with E-state index < -0.39 is 5.91 Å². The molecule has 1 aromatic heterocycles. The lowest BCUT2D eigenvalue weighted by Crippen LogP contribution is -2.27. The molecule has 4 rings (SSSR count). The van der Waals surface area contributed by atoms with E-state index in [0.717, 1.165) is 29.0 Å². The molecule has 1 heterocycles. The van der Waals surface area contributed by atoms with Gasteiger partial charge in [0.15, 0.2) is 0 Å². The maximum absolute atomic E-state index is 13.0. The zero-order valence-electron chi connectivity index (χ0n) is 20.4. The molecular formula is C30H28N4O2. The van der Waals surface area contributed by atoms with Crippen molar-refractivity contribution in [3.63, 3.8) is 0 Å². The summed E-state index contributed by atoms with van der Waals surface area (Å²) in [6.45, 7) is 4.61. The van der Waals surface area contributed by atoms with E-state index >= 15 is 0 Å². The van der Waals surface area contributed by atoms with Crippen LogP contribution >= 0.6 is 0 Å². The zero-order chi connectivity index (χ0) is 25.3. The molecule has 0 unspecified atom stereocenters. The van der Waals surface area contributed by atoms with E-state index in [-0.39, 0.29) is 11.6 Å². The van der Waals surface area contributed by atoms with E-state index in [1.54, 1.807) is 10.8 Å². The summed E-state index contributed by atoms with van der Waals surface area (Å²) in [4.78, 5) is 13.0. The normalized spacial score (nSPS) is 12.0. The Balaban J connectivity index is 1.68. The number of nitrogens with zero attached hydrogens (tertiary/aromatic N) is 3. The number of para-hydroxylation sites is 1. The quantitative estimate of drug-likeness (QED) is 0.233. The number of nitriles is 1. The molecule has 0 aliphatic rings. The number of carbonyl (C=O) groups excluding carboxylic acids is 1. The third-order valence-corrected chi connectivity index (χ3v) is 5.68. The van der Waals surface area contributed by atoms with Gasteiger partial charge in [0, 0.05) is 17.3 Å². The van der Waals surface area contributed by atoms with Gasteiger partial charge >= 0.3 is 0 Å². The number of hydrogen-bond donors (Lipinski definition) is 1. The summed E-state index contributed by atoms with van der Waals surface area (Å²) >= 11 is 0. The Morgan fingerprint density at radius 2 is 1.72 bits per heavy atom. The summed E-state index contributed by atoms with van der Waals surface area (Å²) in [6, 6.07) is 28.8. The molecule has 0 saturated carbocycles. The van der Waals surface area contributed by atoms with Crippen LogP contribution in [0, 0.1) is 11.3 Å². The topological polar surface area (TPSA) is 79.9 Å². The molecule has 0 spiro atoms. The molecule has 1 amide bonds. The van der Waals surface area contributed by atoms with Crippen LogP contribution in [-0.2, 0) is 4.79 Å². The molecule has 1 N–H and O–H groups in total. The van der Waals surface area contributed by atoms with Gasteiger partial charge in [-0.15, -0.1) is 0 Å². The maximum Gasteiger partial charge on any atom is 0.262 e. The Bertz CT molecular complexity index is 1370. The van der Waals surface area contributed by atoms with E-state index in [0.29, 0.717) is 17.9 Å². The molecule has 0 radical (unpaired) electrons. The van der Waals surface area contributed by atoms with Crippen LogP contribution in [0.3, 0.4) is 0 Å². The van der Waals surface area contributed by atoms with E-state index in [4.69, 9.17) is 9.84 Å². The minimum absolute atomic E-state index is 0.00884. The largest absolute Gasteiger partial charge is 0.494 e. The minimum atomic E-state index is -0.435. The van der Waals surface area contributed by atoms with Gasteiger partial charge in [0.2, 0.25) is 0 Å². The molecule has 36 heavy (non-hydrogen) atoms. The molecule has 6 heteroatoms. The monoisotopic (exact) mass is 476 g/mol. The first kappa shape index (κ1) is 24.5. The van der Waals surface area contributed by atoms with Crippen molar-refractivity contribution in [2.75, 3.05) is 6.61 Å². The van der Waals surface area contributed by atoms with Crippen LogP contribution in [0.25, 0.3) is 23.0 Å². The van der Waals surface area contributed by atoms with Crippen LogP contribution in [0.4, 0.5) is 0 Å². The summed E-state index contributed by atoms with van der Waals surface area (Å²) in [6.07, 6.45) is 4.35. The number of hydrogen-bond acceptors (Lipinski definition) is 4. The highest BCUT2D eigenvalue weighted by Gasteiger charge is 2.17. The maximum atomic E-state index is 13.0. The predicted octanol–water partition coefficient (Wildman–Crippen LogP) is 6.11. The third-order valence-electron chi connectivity index (χ3n) is 5.68. The Morgan fingerprint density at radius 3 is 2.36 bits per heavy atom. The number of amides is 1. The standard InChI is InChI=1S/C30H28N4O2/c1-3-18-36-28-16-14-24(15-17-28)29-26(21-34(33-29)27-12-8-5-9-13-27)19-25(20-31)30(35)32-22(2)23-10-6-4-7-11-23/h4-17,19,21-22H,3,18H2,1-2H3,(H,32,35)/b25-19+/t22-/m0/s1. The highest BCUT2D eigenvalue weighted by atomic mass is 16.5. The van der Waals surface area contributed by atoms with E-state index in [2.05, 4.69) is 18.3 Å². The molecule has 0 aliphatic heterocycles. The first-order valence-electron chi connectivity index (χ1n) is 11.9. The zero-order valence-corrected chi connectivity index (χ0v) is 20.4. The minimum Gasteiger partial charge on any atom is -0.494 e. The van der Waals surface area contributed by atoms with Crippen LogP contribution in [0.1, 0.15) is 37.4 Å². The first-order valence-corrected chi connectivity index (χ1v) is 11.9. The average molecular weight is 477 g/mol. The summed E-state index contributed by atoms with van der Waals surface area (Å²) in [5.74, 6) is 0.350. The van der Waals surface area contributed by atoms with Gasteiger partial charge in [-0.05, 0) is 61.4 Å². The second-order valence-corrected chi connectivity index (χ2v) is 8.36. The lowest BCUT2D eigenvalue weighted by molar-refractivity contribution is -0.117. The van der Waals surface area contributed by atoms with Gasteiger partial charge in [-0.3, -0.25) is 4.79 Å². The highest BCUT2D eigenvalue weighted by molar-refractivity contribution is 6.02. The molecule has 0 bridgehead atoms. The van der Waals surface area contributed by atoms with Crippen LogP contribution in [0.2, 0.25) is 0 Å². The number of carbonyl (C=O) groups is 1. The number of rotatable bonds is 9. The van der Waals surface area contributed by atoms with Crippen molar-refractivity contribution in [3.05, 3.63) is 108 Å². The molecule has 1 atom stereocenters. The molecule has 180 valence electrons. The van der Waals surface area contributed by atoms with Gasteiger partial charge in [0.1, 0.15) is 17.4 Å². The average Bonchev–Trinajstić information content (AvgIpc) is 3.35. The van der Waals surface area contributed by atoms with Crippen molar-refractivity contribution >= 4 is 12.0 Å². The van der Waals surface area contributed by atoms with Crippen molar-refractivity contribution in [3.8, 4) is 28.8 Å². The fourth-order valence-corrected chi connectivity index (χ4v) is 3.76. The lowest BCUT2D eigenvalue weighted by atomic mass is 10.0. The predicted molar refractivity (Wildman–Crippen MR) is 141 cm³/mol. The number of benzene rings is 3. The fourth-order valence-electron chi connectivity index (χ4n) is 3.76. The molecular weight excluding hydrogens is 448 g/mol.